The number of fused-ring (bicyclic) bond motifs is 1. The summed E-state index contributed by atoms with van der Waals surface area (Å²) in [5, 5.41) is 0.560. The number of hydrogen-bond donors (Lipinski definition) is 1. The molecule has 0 radical (unpaired) electrons. The molecule has 0 saturated heterocycles. The van der Waals surface area contributed by atoms with Crippen LogP contribution in [0.2, 0.25) is 0 Å². The number of carbonyl (C=O) groups is 1. The van der Waals surface area contributed by atoms with Gasteiger partial charge in [-0.15, -0.1) is 0 Å². The van der Waals surface area contributed by atoms with E-state index >= 15 is 0 Å². The number of aryl methyl sites for hydroxylation is 1. The van der Waals surface area contributed by atoms with E-state index in [1.807, 2.05) is 30.3 Å². The molecule has 3 aromatic rings. The molecule has 6 heteroatoms. The summed E-state index contributed by atoms with van der Waals surface area (Å²) >= 11 is 3.40. The molecule has 0 fully saturated rings. The SMILES string of the molecule is CN(Cc1ccc(Br)cc1)C(=O)CCc1nc2ccccc2c(=O)[nH]1. The van der Waals surface area contributed by atoms with Crippen molar-refractivity contribution >= 4 is 32.7 Å². The van der Waals surface area contributed by atoms with Crippen LogP contribution in [-0.2, 0) is 17.8 Å². The molecular weight excluding hydrogens is 382 g/mol. The number of aromatic nitrogens is 2. The average Bonchev–Trinajstić information content (AvgIpc) is 2.61. The molecule has 0 saturated carbocycles. The first-order valence-electron chi connectivity index (χ1n) is 7.99. The van der Waals surface area contributed by atoms with Crippen LogP contribution in [0, 0.1) is 0 Å². The van der Waals surface area contributed by atoms with Gasteiger partial charge < -0.3 is 9.88 Å². The maximum absolute atomic E-state index is 12.3. The Bertz CT molecular complexity index is 951. The number of H-pyrrole nitrogens is 1. The third-order valence-electron chi connectivity index (χ3n) is 4.00. The van der Waals surface area contributed by atoms with Crippen LogP contribution in [0.5, 0.6) is 0 Å². The number of nitrogens with zero attached hydrogens (tertiary/aromatic N) is 2. The van der Waals surface area contributed by atoms with Crippen molar-refractivity contribution in [2.45, 2.75) is 19.4 Å². The molecule has 5 nitrogen and oxygen atoms in total. The normalized spacial score (nSPS) is 10.8. The molecule has 25 heavy (non-hydrogen) atoms. The molecule has 0 bridgehead atoms. The van der Waals surface area contributed by atoms with E-state index < -0.39 is 0 Å². The molecule has 1 heterocycles. The van der Waals surface area contributed by atoms with E-state index in [1.165, 1.54) is 0 Å². The zero-order chi connectivity index (χ0) is 17.8. The fourth-order valence-electron chi connectivity index (χ4n) is 2.62. The number of rotatable bonds is 5. The van der Waals surface area contributed by atoms with Gasteiger partial charge in [-0.1, -0.05) is 40.2 Å². The van der Waals surface area contributed by atoms with Gasteiger partial charge in [-0.05, 0) is 29.8 Å². The predicted molar refractivity (Wildman–Crippen MR) is 101 cm³/mol. The molecule has 1 N–H and O–H groups in total. The van der Waals surface area contributed by atoms with E-state index in [1.54, 1.807) is 30.1 Å². The van der Waals surface area contributed by atoms with Crippen LogP contribution < -0.4 is 5.56 Å². The number of amides is 1. The van der Waals surface area contributed by atoms with Crippen molar-refractivity contribution in [1.29, 1.82) is 0 Å². The fraction of sp³-hybridized carbons (Fsp3) is 0.211. The lowest BCUT2D eigenvalue weighted by Gasteiger charge is -2.17. The van der Waals surface area contributed by atoms with E-state index in [-0.39, 0.29) is 11.5 Å². The summed E-state index contributed by atoms with van der Waals surface area (Å²) in [5.74, 6) is 0.549. The van der Waals surface area contributed by atoms with Crippen LogP contribution in [-0.4, -0.2) is 27.8 Å². The quantitative estimate of drug-likeness (QED) is 0.715. The number of nitrogens with one attached hydrogen (secondary N) is 1. The minimum absolute atomic E-state index is 0.0127. The Kier molecular flexibility index (Phi) is 5.28. The van der Waals surface area contributed by atoms with Gasteiger partial charge in [0, 0.05) is 30.9 Å². The van der Waals surface area contributed by atoms with Gasteiger partial charge in [-0.25, -0.2) is 4.98 Å². The van der Waals surface area contributed by atoms with Crippen molar-refractivity contribution in [3.05, 3.63) is 74.7 Å². The van der Waals surface area contributed by atoms with E-state index in [2.05, 4.69) is 25.9 Å². The van der Waals surface area contributed by atoms with Gasteiger partial charge >= 0.3 is 0 Å². The van der Waals surface area contributed by atoms with Gasteiger partial charge in [-0.2, -0.15) is 0 Å². The second-order valence-corrected chi connectivity index (χ2v) is 6.82. The second kappa shape index (κ2) is 7.61. The van der Waals surface area contributed by atoms with Crippen molar-refractivity contribution in [3.8, 4) is 0 Å². The van der Waals surface area contributed by atoms with Crippen LogP contribution in [0.25, 0.3) is 10.9 Å². The summed E-state index contributed by atoms with van der Waals surface area (Å²) in [6.07, 6.45) is 0.706. The number of para-hydroxylation sites is 1. The zero-order valence-electron chi connectivity index (χ0n) is 13.8. The van der Waals surface area contributed by atoms with Crippen molar-refractivity contribution in [2.75, 3.05) is 7.05 Å². The lowest BCUT2D eigenvalue weighted by Crippen LogP contribution is -2.26. The lowest BCUT2D eigenvalue weighted by atomic mass is 10.2. The number of aromatic amines is 1. The molecule has 0 aliphatic rings. The summed E-state index contributed by atoms with van der Waals surface area (Å²) < 4.78 is 1.01. The van der Waals surface area contributed by atoms with Gasteiger partial charge in [0.2, 0.25) is 5.91 Å². The first kappa shape index (κ1) is 17.4. The van der Waals surface area contributed by atoms with E-state index in [4.69, 9.17) is 0 Å². The summed E-state index contributed by atoms with van der Waals surface area (Å²) in [6, 6.07) is 15.1. The highest BCUT2D eigenvalue weighted by Gasteiger charge is 2.11. The van der Waals surface area contributed by atoms with Crippen LogP contribution in [0.15, 0.2) is 57.8 Å². The molecule has 128 valence electrons. The molecule has 0 spiro atoms. The zero-order valence-corrected chi connectivity index (χ0v) is 15.4. The molecule has 1 aromatic heterocycles. The maximum Gasteiger partial charge on any atom is 0.258 e. The fourth-order valence-corrected chi connectivity index (χ4v) is 2.89. The molecule has 1 amide bonds. The van der Waals surface area contributed by atoms with E-state index in [0.29, 0.717) is 36.1 Å². The Labute approximate surface area is 153 Å². The first-order chi connectivity index (χ1) is 12.0. The number of carbonyl (C=O) groups excluding carboxylic acids is 1. The van der Waals surface area contributed by atoms with Crippen molar-refractivity contribution in [3.63, 3.8) is 0 Å². The highest BCUT2D eigenvalue weighted by Crippen LogP contribution is 2.12. The molecular formula is C19H18BrN3O2. The van der Waals surface area contributed by atoms with Crippen LogP contribution in [0.3, 0.4) is 0 Å². The number of benzene rings is 2. The molecule has 0 aliphatic carbocycles. The third kappa shape index (κ3) is 4.33. The Hall–Kier alpha value is -2.47. The second-order valence-electron chi connectivity index (χ2n) is 5.91. The Morgan fingerprint density at radius 2 is 1.88 bits per heavy atom. The van der Waals surface area contributed by atoms with Gasteiger partial charge in [-0.3, -0.25) is 9.59 Å². The standard InChI is InChI=1S/C19H18BrN3O2/c1-23(12-13-6-8-14(20)9-7-13)18(24)11-10-17-21-16-5-3-2-4-15(16)19(25)22-17/h2-9H,10-12H2,1H3,(H,21,22,25). The smallest absolute Gasteiger partial charge is 0.258 e. The topological polar surface area (TPSA) is 66.1 Å². The highest BCUT2D eigenvalue weighted by molar-refractivity contribution is 9.10. The van der Waals surface area contributed by atoms with Crippen LogP contribution in [0.4, 0.5) is 0 Å². The first-order valence-corrected chi connectivity index (χ1v) is 8.78. The maximum atomic E-state index is 12.3. The van der Waals surface area contributed by atoms with E-state index in [0.717, 1.165) is 10.0 Å². The van der Waals surface area contributed by atoms with Gasteiger partial charge in [0.1, 0.15) is 5.82 Å². The van der Waals surface area contributed by atoms with Crippen molar-refractivity contribution < 1.29 is 4.79 Å². The molecule has 0 atom stereocenters. The van der Waals surface area contributed by atoms with Gasteiger partial charge in [0.15, 0.2) is 0 Å². The molecule has 0 aliphatic heterocycles. The predicted octanol–water partition coefficient (Wildman–Crippen LogP) is 3.28. The Morgan fingerprint density at radius 1 is 1.16 bits per heavy atom. The van der Waals surface area contributed by atoms with Crippen LogP contribution >= 0.6 is 15.9 Å². The monoisotopic (exact) mass is 399 g/mol. The largest absolute Gasteiger partial charge is 0.341 e. The summed E-state index contributed by atoms with van der Waals surface area (Å²) in [6.45, 7) is 0.549. The average molecular weight is 400 g/mol. The summed E-state index contributed by atoms with van der Waals surface area (Å²) in [7, 11) is 1.78. The van der Waals surface area contributed by atoms with Crippen molar-refractivity contribution in [2.24, 2.45) is 0 Å². The molecule has 3 rings (SSSR count). The Morgan fingerprint density at radius 3 is 2.64 bits per heavy atom. The molecule has 2 aromatic carbocycles. The Balaban J connectivity index is 1.63. The third-order valence-corrected chi connectivity index (χ3v) is 4.52. The number of hydrogen-bond acceptors (Lipinski definition) is 3. The van der Waals surface area contributed by atoms with Gasteiger partial charge in [0.05, 0.1) is 10.9 Å². The number of halogens is 1. The van der Waals surface area contributed by atoms with Crippen LogP contribution in [0.1, 0.15) is 17.8 Å². The summed E-state index contributed by atoms with van der Waals surface area (Å²) in [5.41, 5.74) is 1.55. The van der Waals surface area contributed by atoms with Gasteiger partial charge in [0.25, 0.3) is 5.56 Å². The molecule has 0 unspecified atom stereocenters. The van der Waals surface area contributed by atoms with Crippen molar-refractivity contribution in [1.82, 2.24) is 14.9 Å². The lowest BCUT2D eigenvalue weighted by molar-refractivity contribution is -0.130. The minimum Gasteiger partial charge on any atom is -0.341 e. The highest BCUT2D eigenvalue weighted by atomic mass is 79.9. The summed E-state index contributed by atoms with van der Waals surface area (Å²) in [4.78, 5) is 33.3. The van der Waals surface area contributed by atoms with E-state index in [9.17, 15) is 9.59 Å². The minimum atomic E-state index is -0.170.